The molecule has 12 heteroatoms. The number of carbonyl (C=O) groups excluding carboxylic acids is 1. The van der Waals surface area contributed by atoms with Gasteiger partial charge in [-0.15, -0.1) is 0 Å². The highest BCUT2D eigenvalue weighted by Gasteiger charge is 2.15. The van der Waals surface area contributed by atoms with E-state index in [-0.39, 0.29) is 12.4 Å². The van der Waals surface area contributed by atoms with E-state index < -0.39 is 5.60 Å². The Kier molecular flexibility index (Phi) is 37.1. The lowest BCUT2D eigenvalue weighted by molar-refractivity contribution is -0.156. The van der Waals surface area contributed by atoms with Crippen LogP contribution in [0.3, 0.4) is 0 Å². The number of esters is 1. The van der Waals surface area contributed by atoms with Crippen LogP contribution in [0.2, 0.25) is 0 Å². The maximum absolute atomic E-state index is 11.6. The molecule has 12 nitrogen and oxygen atoms in total. The minimum atomic E-state index is -0.470. The second kappa shape index (κ2) is 37.9. The number of hydrogen-bond acceptors (Lipinski definition) is 12. The summed E-state index contributed by atoms with van der Waals surface area (Å²) in [4.78, 5) is 11.6. The number of carbonyl (C=O) groups is 1. The number of hydrogen-bond donors (Lipinski definition) is 0. The Hall–Kier alpha value is -0.930. The van der Waals surface area contributed by atoms with Crippen molar-refractivity contribution >= 4 is 5.97 Å². The summed E-state index contributed by atoms with van der Waals surface area (Å²) in [6.07, 6.45) is 10.8. The van der Waals surface area contributed by atoms with E-state index in [0.29, 0.717) is 126 Å². The van der Waals surface area contributed by atoms with Crippen LogP contribution in [0.4, 0.5) is 0 Å². The highest BCUT2D eigenvalue weighted by Crippen LogP contribution is 2.09. The van der Waals surface area contributed by atoms with Gasteiger partial charge in [0.25, 0.3) is 0 Å². The minimum absolute atomic E-state index is 0.236. The van der Waals surface area contributed by atoms with Crippen LogP contribution in [0.15, 0.2) is 0 Å². The van der Waals surface area contributed by atoms with Crippen LogP contribution < -0.4 is 0 Å². The lowest BCUT2D eigenvalue weighted by atomic mass is 10.1. The van der Waals surface area contributed by atoms with Crippen molar-refractivity contribution in [1.82, 2.24) is 0 Å². The van der Waals surface area contributed by atoms with Crippen molar-refractivity contribution in [3.05, 3.63) is 0 Å². The van der Waals surface area contributed by atoms with Gasteiger partial charge in [0.15, 0.2) is 0 Å². The van der Waals surface area contributed by atoms with Crippen LogP contribution in [0.1, 0.15) is 85.5 Å². The average Bonchev–Trinajstić information content (AvgIpc) is 3.03. The third kappa shape index (κ3) is 43.0. The Morgan fingerprint density at radius 2 is 0.617 bits per heavy atom. The molecule has 0 unspecified atom stereocenters. The summed E-state index contributed by atoms with van der Waals surface area (Å²) in [6, 6.07) is 0. The SMILES string of the molecule is CCCCCCCCCCOCCOCCOCCOCCOCCOCCOCCOCCOCCOCCC(=O)OC(C)(C)C. The summed E-state index contributed by atoms with van der Waals surface area (Å²) >= 11 is 0. The van der Waals surface area contributed by atoms with E-state index in [1.165, 1.54) is 44.9 Å². The van der Waals surface area contributed by atoms with Crippen molar-refractivity contribution in [1.29, 1.82) is 0 Å². The summed E-state index contributed by atoms with van der Waals surface area (Å²) in [5.74, 6) is -0.261. The zero-order chi connectivity index (χ0) is 34.4. The first-order valence-corrected chi connectivity index (χ1v) is 17.9. The lowest BCUT2D eigenvalue weighted by Gasteiger charge is -2.19. The van der Waals surface area contributed by atoms with Gasteiger partial charge in [-0.2, -0.15) is 0 Å². The molecule has 0 atom stereocenters. The Morgan fingerprint density at radius 1 is 0.362 bits per heavy atom. The van der Waals surface area contributed by atoms with Crippen molar-refractivity contribution in [2.45, 2.75) is 91.1 Å². The fourth-order valence-electron chi connectivity index (χ4n) is 3.97. The number of rotatable bonds is 39. The van der Waals surface area contributed by atoms with Crippen LogP contribution in [0.5, 0.6) is 0 Å². The van der Waals surface area contributed by atoms with Gasteiger partial charge in [0, 0.05) is 6.61 Å². The first-order valence-electron chi connectivity index (χ1n) is 17.9. The standard InChI is InChI=1S/C35H70O12/c1-5-6-7-8-9-10-11-12-14-37-16-18-39-20-22-41-24-26-43-28-30-45-32-33-46-31-29-44-27-25-42-23-21-40-19-17-38-15-13-34(36)47-35(2,3)4/h5-33H2,1-4H3. The summed E-state index contributed by atoms with van der Waals surface area (Å²) in [5, 5.41) is 0. The molecule has 0 aromatic heterocycles. The van der Waals surface area contributed by atoms with E-state index in [4.69, 9.17) is 52.1 Å². The fourth-order valence-corrected chi connectivity index (χ4v) is 3.97. The van der Waals surface area contributed by atoms with Gasteiger partial charge in [0.1, 0.15) is 5.60 Å². The van der Waals surface area contributed by atoms with Gasteiger partial charge in [0.05, 0.1) is 132 Å². The minimum Gasteiger partial charge on any atom is -0.460 e. The van der Waals surface area contributed by atoms with Gasteiger partial charge >= 0.3 is 5.97 Å². The van der Waals surface area contributed by atoms with Crippen LogP contribution >= 0.6 is 0 Å². The van der Waals surface area contributed by atoms with E-state index in [9.17, 15) is 4.79 Å². The van der Waals surface area contributed by atoms with Crippen molar-refractivity contribution in [2.24, 2.45) is 0 Å². The summed E-state index contributed by atoms with van der Waals surface area (Å²) in [7, 11) is 0. The van der Waals surface area contributed by atoms with E-state index in [2.05, 4.69) is 6.92 Å². The largest absolute Gasteiger partial charge is 0.460 e. The predicted octanol–water partition coefficient (Wildman–Crippen LogP) is 5.02. The molecule has 0 spiro atoms. The molecule has 0 fully saturated rings. The zero-order valence-electron chi connectivity index (χ0n) is 30.4. The molecule has 0 heterocycles. The van der Waals surface area contributed by atoms with E-state index in [1.807, 2.05) is 20.8 Å². The molecule has 0 saturated carbocycles. The Morgan fingerprint density at radius 3 is 0.915 bits per heavy atom. The Balaban J connectivity index is 3.09. The van der Waals surface area contributed by atoms with E-state index in [1.54, 1.807) is 0 Å². The molecule has 0 aromatic rings. The van der Waals surface area contributed by atoms with Crippen LogP contribution in [-0.2, 0) is 56.9 Å². The fraction of sp³-hybridized carbons (Fsp3) is 0.971. The Labute approximate surface area is 286 Å². The number of unbranched alkanes of at least 4 members (excludes halogenated alkanes) is 7. The van der Waals surface area contributed by atoms with Gasteiger partial charge in [-0.05, 0) is 27.2 Å². The normalized spacial score (nSPS) is 11.8. The smallest absolute Gasteiger partial charge is 0.308 e. The molecule has 0 bridgehead atoms. The molecule has 0 radical (unpaired) electrons. The predicted molar refractivity (Wildman–Crippen MR) is 181 cm³/mol. The van der Waals surface area contributed by atoms with Gasteiger partial charge in [-0.25, -0.2) is 0 Å². The second-order valence-corrected chi connectivity index (χ2v) is 11.9. The number of ether oxygens (including phenoxy) is 11. The molecule has 0 saturated heterocycles. The molecular formula is C35H70O12. The van der Waals surface area contributed by atoms with Crippen molar-refractivity contribution in [3.63, 3.8) is 0 Å². The van der Waals surface area contributed by atoms with Crippen molar-refractivity contribution in [3.8, 4) is 0 Å². The van der Waals surface area contributed by atoms with Gasteiger partial charge in [0.2, 0.25) is 0 Å². The molecule has 0 aliphatic carbocycles. The van der Waals surface area contributed by atoms with Crippen LogP contribution in [-0.4, -0.2) is 144 Å². The maximum Gasteiger partial charge on any atom is 0.308 e. The molecule has 0 amide bonds. The topological polar surface area (TPSA) is 119 Å². The monoisotopic (exact) mass is 682 g/mol. The third-order valence-corrected chi connectivity index (χ3v) is 6.36. The molecule has 0 aromatic carbocycles. The molecule has 0 N–H and O–H groups in total. The highest BCUT2D eigenvalue weighted by atomic mass is 16.6. The van der Waals surface area contributed by atoms with Gasteiger partial charge in [-0.3, -0.25) is 4.79 Å². The Bertz CT molecular complexity index is 618. The molecule has 0 aliphatic rings. The van der Waals surface area contributed by atoms with Crippen molar-refractivity contribution < 1.29 is 56.9 Å². The summed E-state index contributed by atoms with van der Waals surface area (Å²) < 4.78 is 60.1. The molecule has 282 valence electrons. The van der Waals surface area contributed by atoms with Crippen LogP contribution in [0.25, 0.3) is 0 Å². The molecule has 0 aliphatic heterocycles. The zero-order valence-corrected chi connectivity index (χ0v) is 30.4. The first-order chi connectivity index (χ1) is 23.0. The quantitative estimate of drug-likeness (QED) is 0.0640. The average molecular weight is 683 g/mol. The van der Waals surface area contributed by atoms with Crippen molar-refractivity contribution in [2.75, 3.05) is 132 Å². The first kappa shape index (κ1) is 46.1. The van der Waals surface area contributed by atoms with Gasteiger partial charge in [-0.1, -0.05) is 51.9 Å². The van der Waals surface area contributed by atoms with E-state index in [0.717, 1.165) is 13.0 Å². The summed E-state index contributed by atoms with van der Waals surface area (Å²) in [6.45, 7) is 18.3. The summed E-state index contributed by atoms with van der Waals surface area (Å²) in [5.41, 5.74) is -0.470. The van der Waals surface area contributed by atoms with E-state index >= 15 is 0 Å². The second-order valence-electron chi connectivity index (χ2n) is 11.9. The molecular weight excluding hydrogens is 612 g/mol. The van der Waals surface area contributed by atoms with Gasteiger partial charge < -0.3 is 52.1 Å². The highest BCUT2D eigenvalue weighted by molar-refractivity contribution is 5.69. The molecule has 0 rings (SSSR count). The molecule has 47 heavy (non-hydrogen) atoms. The third-order valence-electron chi connectivity index (χ3n) is 6.36. The lowest BCUT2D eigenvalue weighted by Crippen LogP contribution is -2.24. The van der Waals surface area contributed by atoms with Crippen LogP contribution in [0, 0.1) is 0 Å². The maximum atomic E-state index is 11.6.